The third-order valence-electron chi connectivity index (χ3n) is 3.29. The standard InChI is InChI=1S/C14H22FN/c1-5-11-6-8-12(9-7-11)14(15,10-16)13(2,3)4/h6-9H,5,10,16H2,1-4H3. The summed E-state index contributed by atoms with van der Waals surface area (Å²) in [7, 11) is 0. The topological polar surface area (TPSA) is 26.0 Å². The summed E-state index contributed by atoms with van der Waals surface area (Å²) in [6.45, 7) is 7.75. The van der Waals surface area contributed by atoms with E-state index in [1.54, 1.807) is 0 Å². The second-order valence-electron chi connectivity index (χ2n) is 5.31. The number of aryl methyl sites for hydroxylation is 1. The van der Waals surface area contributed by atoms with Crippen LogP contribution in [0.25, 0.3) is 0 Å². The van der Waals surface area contributed by atoms with Gasteiger partial charge in [-0.2, -0.15) is 0 Å². The van der Waals surface area contributed by atoms with Crippen LogP contribution in [0.3, 0.4) is 0 Å². The van der Waals surface area contributed by atoms with Gasteiger partial charge in [0.25, 0.3) is 0 Å². The Kier molecular flexibility index (Phi) is 3.74. The molecule has 0 spiro atoms. The maximum atomic E-state index is 14.9. The van der Waals surface area contributed by atoms with Crippen LogP contribution in [0.2, 0.25) is 0 Å². The van der Waals surface area contributed by atoms with Crippen molar-refractivity contribution in [3.05, 3.63) is 35.4 Å². The first-order valence-electron chi connectivity index (χ1n) is 5.83. The Morgan fingerprint density at radius 3 is 1.94 bits per heavy atom. The molecule has 0 heterocycles. The van der Waals surface area contributed by atoms with Gasteiger partial charge in [0, 0.05) is 12.0 Å². The summed E-state index contributed by atoms with van der Waals surface area (Å²) >= 11 is 0. The highest BCUT2D eigenvalue weighted by Gasteiger charge is 2.42. The second-order valence-corrected chi connectivity index (χ2v) is 5.31. The molecule has 90 valence electrons. The lowest BCUT2D eigenvalue weighted by Gasteiger charge is -2.37. The first-order chi connectivity index (χ1) is 7.35. The number of halogens is 1. The predicted molar refractivity (Wildman–Crippen MR) is 67.1 cm³/mol. The van der Waals surface area contributed by atoms with Crippen molar-refractivity contribution >= 4 is 0 Å². The van der Waals surface area contributed by atoms with Crippen LogP contribution in [-0.4, -0.2) is 6.54 Å². The van der Waals surface area contributed by atoms with E-state index in [0.29, 0.717) is 5.56 Å². The van der Waals surface area contributed by atoms with E-state index in [-0.39, 0.29) is 6.54 Å². The van der Waals surface area contributed by atoms with Gasteiger partial charge in [0.15, 0.2) is 5.67 Å². The van der Waals surface area contributed by atoms with E-state index in [4.69, 9.17) is 5.73 Å². The maximum absolute atomic E-state index is 14.9. The summed E-state index contributed by atoms with van der Waals surface area (Å²) in [4.78, 5) is 0. The summed E-state index contributed by atoms with van der Waals surface area (Å²) in [5, 5.41) is 0. The Hall–Kier alpha value is -0.890. The predicted octanol–water partition coefficient (Wildman–Crippen LogP) is 3.42. The summed E-state index contributed by atoms with van der Waals surface area (Å²) in [6, 6.07) is 7.67. The van der Waals surface area contributed by atoms with E-state index in [0.717, 1.165) is 6.42 Å². The van der Waals surface area contributed by atoms with Gasteiger partial charge in [-0.3, -0.25) is 0 Å². The third kappa shape index (κ3) is 2.27. The number of hydrogen-bond acceptors (Lipinski definition) is 1. The van der Waals surface area contributed by atoms with Crippen molar-refractivity contribution in [1.29, 1.82) is 0 Å². The summed E-state index contributed by atoms with van der Waals surface area (Å²) in [5.41, 5.74) is 5.57. The minimum Gasteiger partial charge on any atom is -0.327 e. The molecule has 2 heteroatoms. The number of alkyl halides is 1. The molecule has 1 nitrogen and oxygen atoms in total. The first kappa shape index (κ1) is 13.2. The molecule has 1 atom stereocenters. The molecule has 1 aromatic carbocycles. The van der Waals surface area contributed by atoms with Crippen LogP contribution >= 0.6 is 0 Å². The molecule has 16 heavy (non-hydrogen) atoms. The Morgan fingerprint density at radius 2 is 1.62 bits per heavy atom. The third-order valence-corrected chi connectivity index (χ3v) is 3.29. The van der Waals surface area contributed by atoms with Gasteiger partial charge in [-0.25, -0.2) is 4.39 Å². The highest BCUT2D eigenvalue weighted by atomic mass is 19.1. The molecule has 0 bridgehead atoms. The fourth-order valence-electron chi connectivity index (χ4n) is 1.86. The smallest absolute Gasteiger partial charge is 0.152 e. The molecule has 1 aromatic rings. The number of benzene rings is 1. The average molecular weight is 223 g/mol. The van der Waals surface area contributed by atoms with Crippen LogP contribution in [0.5, 0.6) is 0 Å². The highest BCUT2D eigenvalue weighted by molar-refractivity contribution is 5.29. The van der Waals surface area contributed by atoms with Gasteiger partial charge in [0.2, 0.25) is 0 Å². The zero-order valence-corrected chi connectivity index (χ0v) is 10.7. The molecular weight excluding hydrogens is 201 g/mol. The van der Waals surface area contributed by atoms with Crippen molar-refractivity contribution < 1.29 is 4.39 Å². The Labute approximate surface area is 97.9 Å². The lowest BCUT2D eigenvalue weighted by molar-refractivity contribution is 0.0343. The average Bonchev–Trinajstić information content (AvgIpc) is 2.26. The molecular formula is C14H22FN. The minimum absolute atomic E-state index is 0.0158. The molecule has 2 N–H and O–H groups in total. The van der Waals surface area contributed by atoms with E-state index in [9.17, 15) is 4.39 Å². The summed E-state index contributed by atoms with van der Waals surface area (Å²) in [6.07, 6.45) is 0.970. The Balaban J connectivity index is 3.13. The SMILES string of the molecule is CCc1ccc(C(F)(CN)C(C)(C)C)cc1. The van der Waals surface area contributed by atoms with Crippen LogP contribution in [-0.2, 0) is 12.1 Å². The van der Waals surface area contributed by atoms with E-state index < -0.39 is 11.1 Å². The van der Waals surface area contributed by atoms with Gasteiger partial charge in [-0.15, -0.1) is 0 Å². The minimum atomic E-state index is -1.46. The zero-order valence-electron chi connectivity index (χ0n) is 10.7. The molecule has 0 fully saturated rings. The van der Waals surface area contributed by atoms with Crippen LogP contribution in [0.15, 0.2) is 24.3 Å². The molecule has 1 rings (SSSR count). The number of rotatable bonds is 3. The van der Waals surface area contributed by atoms with Gasteiger partial charge in [0.1, 0.15) is 0 Å². The zero-order chi connectivity index (χ0) is 12.4. The molecule has 0 radical (unpaired) electrons. The number of nitrogens with two attached hydrogens (primary N) is 1. The largest absolute Gasteiger partial charge is 0.327 e. The van der Waals surface area contributed by atoms with Crippen molar-refractivity contribution in [3.8, 4) is 0 Å². The fourth-order valence-corrected chi connectivity index (χ4v) is 1.86. The number of hydrogen-bond donors (Lipinski definition) is 1. The quantitative estimate of drug-likeness (QED) is 0.835. The molecule has 0 aliphatic rings. The van der Waals surface area contributed by atoms with Crippen molar-refractivity contribution in [1.82, 2.24) is 0 Å². The van der Waals surface area contributed by atoms with E-state index >= 15 is 0 Å². The molecule has 0 saturated carbocycles. The molecule has 0 aliphatic carbocycles. The van der Waals surface area contributed by atoms with Gasteiger partial charge in [-0.05, 0) is 17.5 Å². The summed E-state index contributed by atoms with van der Waals surface area (Å²) in [5.74, 6) is 0. The van der Waals surface area contributed by atoms with Gasteiger partial charge in [0.05, 0.1) is 0 Å². The van der Waals surface area contributed by atoms with E-state index in [1.165, 1.54) is 5.56 Å². The maximum Gasteiger partial charge on any atom is 0.152 e. The first-order valence-corrected chi connectivity index (χ1v) is 5.83. The summed E-state index contributed by atoms with van der Waals surface area (Å²) < 4.78 is 14.9. The lowest BCUT2D eigenvalue weighted by atomic mass is 9.73. The van der Waals surface area contributed by atoms with Crippen LogP contribution < -0.4 is 5.73 Å². The van der Waals surface area contributed by atoms with Crippen molar-refractivity contribution in [2.75, 3.05) is 6.54 Å². The van der Waals surface area contributed by atoms with E-state index in [1.807, 2.05) is 45.0 Å². The second kappa shape index (κ2) is 4.54. The Morgan fingerprint density at radius 1 is 1.12 bits per heavy atom. The molecule has 1 unspecified atom stereocenters. The molecule has 0 aliphatic heterocycles. The molecule has 0 aromatic heterocycles. The molecule has 0 saturated heterocycles. The lowest BCUT2D eigenvalue weighted by Crippen LogP contribution is -2.42. The van der Waals surface area contributed by atoms with Gasteiger partial charge in [-0.1, -0.05) is 52.0 Å². The van der Waals surface area contributed by atoms with Crippen molar-refractivity contribution in [2.24, 2.45) is 11.1 Å². The monoisotopic (exact) mass is 223 g/mol. The van der Waals surface area contributed by atoms with Gasteiger partial charge < -0.3 is 5.73 Å². The van der Waals surface area contributed by atoms with Crippen molar-refractivity contribution in [3.63, 3.8) is 0 Å². The van der Waals surface area contributed by atoms with E-state index in [2.05, 4.69) is 6.92 Å². The fraction of sp³-hybridized carbons (Fsp3) is 0.571. The normalized spacial score (nSPS) is 15.9. The van der Waals surface area contributed by atoms with Crippen LogP contribution in [0, 0.1) is 5.41 Å². The van der Waals surface area contributed by atoms with Gasteiger partial charge >= 0.3 is 0 Å². The highest BCUT2D eigenvalue weighted by Crippen LogP contribution is 2.42. The molecule has 0 amide bonds. The van der Waals surface area contributed by atoms with Crippen molar-refractivity contribution in [2.45, 2.75) is 39.8 Å². The van der Waals surface area contributed by atoms with Crippen LogP contribution in [0.1, 0.15) is 38.8 Å². The Bertz CT molecular complexity index is 337. The van der Waals surface area contributed by atoms with Crippen LogP contribution in [0.4, 0.5) is 4.39 Å².